The van der Waals surface area contributed by atoms with Crippen LogP contribution in [0.15, 0.2) is 30.6 Å². The molecule has 1 aliphatic carbocycles. The summed E-state index contributed by atoms with van der Waals surface area (Å²) in [6, 6.07) is 4.91. The summed E-state index contributed by atoms with van der Waals surface area (Å²) in [6.45, 7) is 2.22. The van der Waals surface area contributed by atoms with Crippen molar-refractivity contribution in [3.8, 4) is 5.88 Å². The second kappa shape index (κ2) is 6.00. The summed E-state index contributed by atoms with van der Waals surface area (Å²) in [6.07, 6.45) is 4.82. The monoisotopic (exact) mass is 334 g/mol. The van der Waals surface area contributed by atoms with Crippen LogP contribution in [0.1, 0.15) is 25.5 Å². The van der Waals surface area contributed by atoms with Gasteiger partial charge in [0.2, 0.25) is 0 Å². The van der Waals surface area contributed by atoms with E-state index in [1.807, 2.05) is 6.92 Å². The summed E-state index contributed by atoms with van der Waals surface area (Å²) < 4.78 is 5.69. The molecule has 0 saturated heterocycles. The fourth-order valence-electron chi connectivity index (χ4n) is 2.07. The molecular formula is C15H15ClN4O3. The van der Waals surface area contributed by atoms with Crippen molar-refractivity contribution in [2.24, 2.45) is 0 Å². The Kier molecular flexibility index (Phi) is 4.04. The van der Waals surface area contributed by atoms with Crippen molar-refractivity contribution >= 4 is 23.0 Å². The number of nitro groups is 1. The first-order valence-electron chi connectivity index (χ1n) is 7.14. The van der Waals surface area contributed by atoms with E-state index >= 15 is 0 Å². The maximum Gasteiger partial charge on any atom is 0.353 e. The highest BCUT2D eigenvalue weighted by Crippen LogP contribution is 2.43. The lowest BCUT2D eigenvalue weighted by Gasteiger charge is -2.13. The average Bonchev–Trinajstić information content (AvgIpc) is 3.22. The second-order valence-corrected chi connectivity index (χ2v) is 6.08. The minimum absolute atomic E-state index is 0.0408. The van der Waals surface area contributed by atoms with E-state index in [0.29, 0.717) is 22.9 Å². The highest BCUT2D eigenvalue weighted by Gasteiger charge is 2.42. The van der Waals surface area contributed by atoms with Crippen molar-refractivity contribution in [3.05, 3.63) is 51.4 Å². The van der Waals surface area contributed by atoms with Crippen LogP contribution < -0.4 is 10.1 Å². The highest BCUT2D eigenvalue weighted by molar-refractivity contribution is 6.30. The topological polar surface area (TPSA) is 90.2 Å². The van der Waals surface area contributed by atoms with E-state index in [4.69, 9.17) is 16.3 Å². The van der Waals surface area contributed by atoms with Crippen molar-refractivity contribution in [3.63, 3.8) is 0 Å². The Morgan fingerprint density at radius 2 is 2.13 bits per heavy atom. The van der Waals surface area contributed by atoms with Gasteiger partial charge in [-0.05, 0) is 38.0 Å². The molecule has 0 atom stereocenters. The molecule has 0 spiro atoms. The second-order valence-electron chi connectivity index (χ2n) is 5.64. The van der Waals surface area contributed by atoms with Gasteiger partial charge in [-0.15, -0.1) is 0 Å². The zero-order chi connectivity index (χ0) is 16.4. The van der Waals surface area contributed by atoms with E-state index in [-0.39, 0.29) is 17.2 Å². The molecule has 1 fully saturated rings. The molecule has 7 nitrogen and oxygen atoms in total. The maximum absolute atomic E-state index is 11.4. The van der Waals surface area contributed by atoms with E-state index in [0.717, 1.165) is 12.8 Å². The fraction of sp³-hybridized carbons (Fsp3) is 0.333. The minimum atomic E-state index is -0.484. The quantitative estimate of drug-likeness (QED) is 0.641. The number of halogens is 1. The number of anilines is 1. The predicted molar refractivity (Wildman–Crippen MR) is 85.7 cm³/mol. The van der Waals surface area contributed by atoms with Gasteiger partial charge >= 0.3 is 5.69 Å². The SMILES string of the molecule is CC1(Oc2nccc(NCc3cc(Cl)ccn3)c2[N+](=O)[O-])CC1. The lowest BCUT2D eigenvalue weighted by atomic mass is 10.3. The Hall–Kier alpha value is -2.41. The number of nitrogens with one attached hydrogen (secondary N) is 1. The van der Waals surface area contributed by atoms with E-state index in [1.54, 1.807) is 24.4 Å². The summed E-state index contributed by atoms with van der Waals surface area (Å²) in [7, 11) is 0. The number of ether oxygens (including phenoxy) is 1. The van der Waals surface area contributed by atoms with Gasteiger partial charge in [0.15, 0.2) is 0 Å². The van der Waals surface area contributed by atoms with Gasteiger partial charge in [-0.2, -0.15) is 0 Å². The van der Waals surface area contributed by atoms with E-state index in [9.17, 15) is 10.1 Å². The molecule has 0 aliphatic heterocycles. The maximum atomic E-state index is 11.4. The Morgan fingerprint density at radius 3 is 2.78 bits per heavy atom. The average molecular weight is 335 g/mol. The summed E-state index contributed by atoms with van der Waals surface area (Å²) in [5.41, 5.74) is 0.513. The van der Waals surface area contributed by atoms with Crippen molar-refractivity contribution in [1.82, 2.24) is 9.97 Å². The molecule has 2 aromatic rings. The van der Waals surface area contributed by atoms with Gasteiger partial charge in [-0.1, -0.05) is 11.6 Å². The summed E-state index contributed by atoms with van der Waals surface area (Å²) in [5.74, 6) is 0.0408. The molecule has 1 saturated carbocycles. The van der Waals surface area contributed by atoms with Gasteiger partial charge in [0.25, 0.3) is 5.88 Å². The third-order valence-corrected chi connectivity index (χ3v) is 3.84. The molecule has 2 aromatic heterocycles. The van der Waals surface area contributed by atoms with E-state index in [1.165, 1.54) is 6.20 Å². The van der Waals surface area contributed by atoms with Crippen molar-refractivity contribution in [1.29, 1.82) is 0 Å². The largest absolute Gasteiger partial charge is 0.466 e. The van der Waals surface area contributed by atoms with Crippen LogP contribution in [0.25, 0.3) is 0 Å². The lowest BCUT2D eigenvalue weighted by molar-refractivity contribution is -0.385. The predicted octanol–water partition coefficient (Wildman–Crippen LogP) is 3.58. The smallest absolute Gasteiger partial charge is 0.353 e. The minimum Gasteiger partial charge on any atom is -0.466 e. The third-order valence-electron chi connectivity index (χ3n) is 3.61. The van der Waals surface area contributed by atoms with Crippen LogP contribution in [0, 0.1) is 10.1 Å². The van der Waals surface area contributed by atoms with E-state index < -0.39 is 4.92 Å². The van der Waals surface area contributed by atoms with Gasteiger partial charge in [0, 0.05) is 17.4 Å². The molecule has 0 unspecified atom stereocenters. The third kappa shape index (κ3) is 3.68. The van der Waals surface area contributed by atoms with Gasteiger partial charge in [-0.25, -0.2) is 4.98 Å². The van der Waals surface area contributed by atoms with E-state index in [2.05, 4.69) is 15.3 Å². The van der Waals surface area contributed by atoms with Crippen LogP contribution in [-0.4, -0.2) is 20.5 Å². The standard InChI is InChI=1S/C15H15ClN4O3/c1-15(4-5-15)23-14-13(20(21)22)12(3-7-18-14)19-9-11-8-10(16)2-6-17-11/h2-3,6-8H,4-5,9H2,1H3,(H,18,19). The van der Waals surface area contributed by atoms with Crippen molar-refractivity contribution in [2.45, 2.75) is 31.9 Å². The number of nitrogens with zero attached hydrogens (tertiary/aromatic N) is 3. The molecule has 0 radical (unpaired) electrons. The Morgan fingerprint density at radius 1 is 1.39 bits per heavy atom. The number of pyridine rings is 2. The van der Waals surface area contributed by atoms with Crippen molar-refractivity contribution < 1.29 is 9.66 Å². The molecule has 3 rings (SSSR count). The normalized spacial score (nSPS) is 15.0. The molecule has 8 heteroatoms. The molecule has 2 heterocycles. The van der Waals surface area contributed by atoms with Crippen LogP contribution in [0.2, 0.25) is 5.02 Å². The molecule has 0 amide bonds. The molecule has 23 heavy (non-hydrogen) atoms. The number of hydrogen-bond donors (Lipinski definition) is 1. The molecule has 0 bridgehead atoms. The van der Waals surface area contributed by atoms with Crippen LogP contribution in [0.3, 0.4) is 0 Å². The van der Waals surface area contributed by atoms with Crippen LogP contribution in [0.5, 0.6) is 5.88 Å². The first kappa shape index (κ1) is 15.5. The highest BCUT2D eigenvalue weighted by atomic mass is 35.5. The summed E-state index contributed by atoms with van der Waals surface area (Å²) in [5, 5.41) is 15.0. The fourth-order valence-corrected chi connectivity index (χ4v) is 2.25. The molecule has 120 valence electrons. The Bertz CT molecular complexity index is 749. The number of hydrogen-bond acceptors (Lipinski definition) is 6. The molecule has 1 aliphatic rings. The van der Waals surface area contributed by atoms with Gasteiger partial charge in [0.05, 0.1) is 17.2 Å². The van der Waals surface area contributed by atoms with Gasteiger partial charge in [-0.3, -0.25) is 15.1 Å². The zero-order valence-corrected chi connectivity index (χ0v) is 13.2. The Balaban J connectivity index is 1.83. The summed E-state index contributed by atoms with van der Waals surface area (Å²) in [4.78, 5) is 19.1. The molecule has 0 aromatic carbocycles. The van der Waals surface area contributed by atoms with Crippen LogP contribution in [-0.2, 0) is 6.54 Å². The summed E-state index contributed by atoms with van der Waals surface area (Å²) >= 11 is 5.91. The number of aromatic nitrogens is 2. The van der Waals surface area contributed by atoms with Crippen LogP contribution in [0.4, 0.5) is 11.4 Å². The Labute approximate surface area is 137 Å². The lowest BCUT2D eigenvalue weighted by Crippen LogP contribution is -2.15. The molecular weight excluding hydrogens is 320 g/mol. The molecule has 1 N–H and O–H groups in total. The van der Waals surface area contributed by atoms with Crippen LogP contribution >= 0.6 is 11.6 Å². The van der Waals surface area contributed by atoms with Crippen molar-refractivity contribution in [2.75, 3.05) is 5.32 Å². The zero-order valence-electron chi connectivity index (χ0n) is 12.5. The first-order chi connectivity index (χ1) is 11.0. The number of rotatable bonds is 6. The van der Waals surface area contributed by atoms with Gasteiger partial charge < -0.3 is 10.1 Å². The van der Waals surface area contributed by atoms with Gasteiger partial charge in [0.1, 0.15) is 11.3 Å². The first-order valence-corrected chi connectivity index (χ1v) is 7.51.